The molecule has 0 radical (unpaired) electrons. The molecule has 0 saturated heterocycles. The third-order valence-electron chi connectivity index (χ3n) is 3.93. The van der Waals surface area contributed by atoms with Crippen LogP contribution < -0.4 is 10.1 Å². The van der Waals surface area contributed by atoms with Crippen molar-refractivity contribution in [2.24, 2.45) is 0 Å². The Morgan fingerprint density at radius 1 is 1.19 bits per heavy atom. The van der Waals surface area contributed by atoms with Crippen molar-refractivity contribution in [3.63, 3.8) is 0 Å². The Bertz CT molecular complexity index is 628. The first-order chi connectivity index (χ1) is 10.1. The van der Waals surface area contributed by atoms with Crippen LogP contribution in [0.4, 0.5) is 0 Å². The van der Waals surface area contributed by atoms with Crippen molar-refractivity contribution in [3.8, 4) is 5.75 Å². The molecule has 0 atom stereocenters. The Morgan fingerprint density at radius 3 is 2.71 bits per heavy atom. The molecule has 3 rings (SSSR count). The number of thiophene rings is 1. The van der Waals surface area contributed by atoms with Gasteiger partial charge in [0.25, 0.3) is 0 Å². The maximum Gasteiger partial charge on any atom is 0.122 e. The predicted molar refractivity (Wildman–Crippen MR) is 89.2 cm³/mol. The molecule has 0 spiro atoms. The highest BCUT2D eigenvalue weighted by atomic mass is 32.1. The Morgan fingerprint density at radius 2 is 2.00 bits per heavy atom. The third-order valence-corrected chi connectivity index (χ3v) is 5.02. The van der Waals surface area contributed by atoms with Crippen LogP contribution in [0.3, 0.4) is 0 Å². The Balaban J connectivity index is 1.61. The summed E-state index contributed by atoms with van der Waals surface area (Å²) < 4.78 is 6.00. The number of hydrogen-bond donors (Lipinski definition) is 1. The lowest BCUT2D eigenvalue weighted by Crippen LogP contribution is -2.14. The van der Waals surface area contributed by atoms with Gasteiger partial charge in [0.05, 0.1) is 0 Å². The first kappa shape index (κ1) is 14.6. The highest BCUT2D eigenvalue weighted by Gasteiger charge is 2.20. The van der Waals surface area contributed by atoms with Gasteiger partial charge < -0.3 is 10.1 Å². The van der Waals surface area contributed by atoms with E-state index in [0.29, 0.717) is 6.61 Å². The fourth-order valence-electron chi connectivity index (χ4n) is 2.47. The van der Waals surface area contributed by atoms with Crippen LogP contribution in [0.2, 0.25) is 0 Å². The van der Waals surface area contributed by atoms with E-state index in [0.717, 1.165) is 18.3 Å². The first-order valence-corrected chi connectivity index (χ1v) is 8.45. The highest BCUT2D eigenvalue weighted by molar-refractivity contribution is 7.12. The summed E-state index contributed by atoms with van der Waals surface area (Å²) in [6.07, 6.45) is 2.68. The molecular weight excluding hydrogens is 278 g/mol. The van der Waals surface area contributed by atoms with Crippen molar-refractivity contribution >= 4 is 11.3 Å². The smallest absolute Gasteiger partial charge is 0.122 e. The van der Waals surface area contributed by atoms with Gasteiger partial charge in [0.2, 0.25) is 0 Å². The minimum absolute atomic E-state index is 0.662. The van der Waals surface area contributed by atoms with E-state index in [1.165, 1.54) is 39.3 Å². The number of ether oxygens (including phenoxy) is 1. The minimum atomic E-state index is 0.662. The lowest BCUT2D eigenvalue weighted by molar-refractivity contribution is 0.304. The van der Waals surface area contributed by atoms with Gasteiger partial charge >= 0.3 is 0 Å². The Hall–Kier alpha value is -1.32. The maximum atomic E-state index is 6.00. The van der Waals surface area contributed by atoms with Gasteiger partial charge in [0, 0.05) is 27.9 Å². The van der Waals surface area contributed by atoms with E-state index in [1.54, 1.807) is 0 Å². The Kier molecular flexibility index (Phi) is 4.32. The lowest BCUT2D eigenvalue weighted by Gasteiger charge is -2.09. The van der Waals surface area contributed by atoms with E-state index in [9.17, 15) is 0 Å². The number of benzene rings is 1. The van der Waals surface area contributed by atoms with E-state index in [2.05, 4.69) is 50.4 Å². The molecule has 2 aromatic rings. The third kappa shape index (κ3) is 3.86. The summed E-state index contributed by atoms with van der Waals surface area (Å²) >= 11 is 1.88. The average molecular weight is 301 g/mol. The molecule has 1 aliphatic carbocycles. The summed E-state index contributed by atoms with van der Waals surface area (Å²) in [6, 6.07) is 9.40. The average Bonchev–Trinajstić information content (AvgIpc) is 3.20. The summed E-state index contributed by atoms with van der Waals surface area (Å²) in [4.78, 5) is 2.78. The molecule has 1 aromatic heterocycles. The van der Waals surface area contributed by atoms with E-state index >= 15 is 0 Å². The molecule has 1 fully saturated rings. The van der Waals surface area contributed by atoms with Gasteiger partial charge in [-0.1, -0.05) is 17.7 Å². The molecule has 1 aromatic carbocycles. The molecule has 1 saturated carbocycles. The quantitative estimate of drug-likeness (QED) is 0.848. The van der Waals surface area contributed by atoms with Crippen LogP contribution in [0.25, 0.3) is 0 Å². The standard InChI is InChI=1S/C18H23NOS/c1-12-4-7-18(13(2)8-12)20-11-15-9-17(21-14(15)3)10-19-16-5-6-16/h4,7-9,16,19H,5-6,10-11H2,1-3H3. The molecule has 0 bridgehead atoms. The van der Waals surface area contributed by atoms with Crippen molar-refractivity contribution in [2.75, 3.05) is 0 Å². The second-order valence-electron chi connectivity index (χ2n) is 6.01. The SMILES string of the molecule is Cc1ccc(OCc2cc(CNC3CC3)sc2C)c(C)c1. The normalized spacial score (nSPS) is 14.4. The number of hydrogen-bond acceptors (Lipinski definition) is 3. The van der Waals surface area contributed by atoms with Crippen LogP contribution in [0.1, 0.15) is 39.3 Å². The van der Waals surface area contributed by atoms with E-state index in [-0.39, 0.29) is 0 Å². The molecule has 1 N–H and O–H groups in total. The van der Waals surface area contributed by atoms with Gasteiger partial charge in [-0.2, -0.15) is 0 Å². The zero-order valence-corrected chi connectivity index (χ0v) is 13.8. The van der Waals surface area contributed by atoms with Gasteiger partial charge in [-0.25, -0.2) is 0 Å². The zero-order valence-electron chi connectivity index (χ0n) is 13.0. The van der Waals surface area contributed by atoms with Crippen molar-refractivity contribution < 1.29 is 4.74 Å². The molecule has 3 heteroatoms. The fourth-order valence-corrected chi connectivity index (χ4v) is 3.47. The van der Waals surface area contributed by atoms with Crippen LogP contribution in [0, 0.1) is 20.8 Å². The second kappa shape index (κ2) is 6.20. The predicted octanol–water partition coefficient (Wildman–Crippen LogP) is 4.50. The topological polar surface area (TPSA) is 21.3 Å². The van der Waals surface area contributed by atoms with Crippen LogP contribution in [0.15, 0.2) is 24.3 Å². The molecule has 0 amide bonds. The van der Waals surface area contributed by atoms with Gasteiger partial charge in [-0.15, -0.1) is 11.3 Å². The van der Waals surface area contributed by atoms with Crippen molar-refractivity contribution in [1.29, 1.82) is 0 Å². The van der Waals surface area contributed by atoms with Crippen LogP contribution in [0.5, 0.6) is 5.75 Å². The minimum Gasteiger partial charge on any atom is -0.489 e. The summed E-state index contributed by atoms with van der Waals surface area (Å²) in [5, 5.41) is 3.57. The van der Waals surface area contributed by atoms with Crippen molar-refractivity contribution in [3.05, 3.63) is 50.7 Å². The molecule has 21 heavy (non-hydrogen) atoms. The summed E-state index contributed by atoms with van der Waals surface area (Å²) in [6.45, 7) is 8.06. The molecule has 1 aliphatic rings. The molecular formula is C18H23NOS. The molecule has 1 heterocycles. The van der Waals surface area contributed by atoms with Gasteiger partial charge in [0.1, 0.15) is 12.4 Å². The number of aryl methyl sites for hydroxylation is 3. The summed E-state index contributed by atoms with van der Waals surface area (Å²) in [7, 11) is 0. The molecule has 0 unspecified atom stereocenters. The highest BCUT2D eigenvalue weighted by Crippen LogP contribution is 2.26. The van der Waals surface area contributed by atoms with Gasteiger partial charge in [-0.05, 0) is 51.3 Å². The monoisotopic (exact) mass is 301 g/mol. The van der Waals surface area contributed by atoms with E-state index < -0.39 is 0 Å². The first-order valence-electron chi connectivity index (χ1n) is 7.63. The molecule has 0 aliphatic heterocycles. The van der Waals surface area contributed by atoms with E-state index in [4.69, 9.17) is 4.74 Å². The van der Waals surface area contributed by atoms with Gasteiger partial charge in [0.15, 0.2) is 0 Å². The summed E-state index contributed by atoms with van der Waals surface area (Å²) in [5.74, 6) is 0.990. The van der Waals surface area contributed by atoms with Crippen molar-refractivity contribution in [1.82, 2.24) is 5.32 Å². The zero-order chi connectivity index (χ0) is 14.8. The lowest BCUT2D eigenvalue weighted by atomic mass is 10.1. The van der Waals surface area contributed by atoms with Crippen LogP contribution >= 0.6 is 11.3 Å². The van der Waals surface area contributed by atoms with E-state index in [1.807, 2.05) is 11.3 Å². The maximum absolute atomic E-state index is 6.00. The molecule has 112 valence electrons. The van der Waals surface area contributed by atoms with Crippen LogP contribution in [-0.2, 0) is 13.2 Å². The number of nitrogens with one attached hydrogen (secondary N) is 1. The molecule has 2 nitrogen and oxygen atoms in total. The second-order valence-corrected chi connectivity index (χ2v) is 7.35. The van der Waals surface area contributed by atoms with Gasteiger partial charge in [-0.3, -0.25) is 0 Å². The Labute approximate surface area is 131 Å². The fraction of sp³-hybridized carbons (Fsp3) is 0.444. The van der Waals surface area contributed by atoms with Crippen molar-refractivity contribution in [2.45, 2.75) is 52.8 Å². The summed E-state index contributed by atoms with van der Waals surface area (Å²) in [5.41, 5.74) is 3.80. The van der Waals surface area contributed by atoms with Crippen LogP contribution in [-0.4, -0.2) is 6.04 Å². The largest absolute Gasteiger partial charge is 0.489 e. The number of rotatable bonds is 6.